The van der Waals surface area contributed by atoms with Crippen LogP contribution in [0, 0.1) is 5.92 Å². The second-order valence-corrected chi connectivity index (χ2v) is 9.71. The highest BCUT2D eigenvalue weighted by Crippen LogP contribution is 2.18. The highest BCUT2D eigenvalue weighted by Gasteiger charge is 2.25. The second-order valence-electron chi connectivity index (χ2n) is 8.06. The number of amides is 5. The third kappa shape index (κ3) is 6.56. The van der Waals surface area contributed by atoms with E-state index in [0.29, 0.717) is 31.0 Å². The number of piperidine rings is 1. The van der Waals surface area contributed by atoms with Gasteiger partial charge in [0.2, 0.25) is 5.91 Å². The van der Waals surface area contributed by atoms with Crippen molar-refractivity contribution >= 4 is 28.0 Å². The maximum atomic E-state index is 12.8. The average molecular weight is 463 g/mol. The topological polar surface area (TPSA) is 125 Å². The third-order valence-electron chi connectivity index (χ3n) is 5.66. The Hall–Kier alpha value is -2.88. The summed E-state index contributed by atoms with van der Waals surface area (Å²) in [7, 11) is -4.08. The summed E-state index contributed by atoms with van der Waals surface area (Å²) in [6, 6.07) is 5.11. The van der Waals surface area contributed by atoms with Crippen LogP contribution >= 0.6 is 0 Å². The van der Waals surface area contributed by atoms with E-state index in [0.717, 1.165) is 32.1 Å². The predicted octanol–water partition coefficient (Wildman–Crippen LogP) is 2.30. The van der Waals surface area contributed by atoms with Crippen LogP contribution in [0.15, 0.2) is 41.3 Å². The van der Waals surface area contributed by atoms with Gasteiger partial charge < -0.3 is 10.6 Å². The molecule has 1 heterocycles. The van der Waals surface area contributed by atoms with Gasteiger partial charge in [-0.1, -0.05) is 30.4 Å². The lowest BCUT2D eigenvalue weighted by Crippen LogP contribution is -2.46. The molecule has 1 atom stereocenters. The van der Waals surface area contributed by atoms with Gasteiger partial charge >= 0.3 is 12.1 Å². The summed E-state index contributed by atoms with van der Waals surface area (Å²) in [6.45, 7) is 0.969. The van der Waals surface area contributed by atoms with Gasteiger partial charge in [0.15, 0.2) is 0 Å². The molecule has 10 heteroatoms. The van der Waals surface area contributed by atoms with Crippen LogP contribution < -0.4 is 15.4 Å². The zero-order chi connectivity index (χ0) is 23.0. The summed E-state index contributed by atoms with van der Waals surface area (Å²) in [5.41, 5.74) is 0.468. The molecule has 2 aliphatic rings. The minimum Gasteiger partial charge on any atom is -0.337 e. The summed E-state index contributed by atoms with van der Waals surface area (Å²) in [5, 5.41) is 5.31. The second kappa shape index (κ2) is 11.1. The van der Waals surface area contributed by atoms with Gasteiger partial charge in [-0.25, -0.2) is 22.7 Å². The number of allylic oxidation sites excluding steroid dienone is 2. The highest BCUT2D eigenvalue weighted by atomic mass is 32.2. The van der Waals surface area contributed by atoms with Gasteiger partial charge in [0.05, 0.1) is 4.90 Å². The quantitative estimate of drug-likeness (QED) is 0.536. The van der Waals surface area contributed by atoms with Crippen LogP contribution in [-0.2, 0) is 21.2 Å². The number of nitrogens with one attached hydrogen (secondary N) is 3. The Kier molecular flexibility index (Phi) is 8.26. The molecule has 3 rings (SSSR count). The van der Waals surface area contributed by atoms with Crippen LogP contribution in [0.3, 0.4) is 0 Å². The van der Waals surface area contributed by atoms with Gasteiger partial charge in [-0.05, 0) is 56.1 Å². The van der Waals surface area contributed by atoms with Gasteiger partial charge in [-0.15, -0.1) is 0 Å². The summed E-state index contributed by atoms with van der Waals surface area (Å²) >= 11 is 0. The normalized spacial score (nSPS) is 18.8. The van der Waals surface area contributed by atoms with Crippen molar-refractivity contribution in [3.63, 3.8) is 0 Å². The number of imide groups is 1. The fraction of sp³-hybridized carbons (Fsp3) is 0.500. The Bertz CT molecular complexity index is 976. The van der Waals surface area contributed by atoms with Crippen molar-refractivity contribution in [2.75, 3.05) is 19.6 Å². The van der Waals surface area contributed by atoms with E-state index >= 15 is 0 Å². The van der Waals surface area contributed by atoms with Crippen molar-refractivity contribution in [1.82, 2.24) is 20.3 Å². The highest BCUT2D eigenvalue weighted by molar-refractivity contribution is 7.90. The fourth-order valence-corrected chi connectivity index (χ4v) is 5.08. The lowest BCUT2D eigenvalue weighted by molar-refractivity contribution is -0.130. The number of benzene rings is 1. The molecule has 3 N–H and O–H groups in total. The van der Waals surface area contributed by atoms with E-state index in [2.05, 4.69) is 27.5 Å². The van der Waals surface area contributed by atoms with E-state index in [-0.39, 0.29) is 23.8 Å². The molecule has 1 fully saturated rings. The number of rotatable bonds is 7. The Balaban J connectivity index is 1.54. The van der Waals surface area contributed by atoms with E-state index < -0.39 is 22.1 Å². The molecule has 1 saturated heterocycles. The molecule has 9 nitrogen and oxygen atoms in total. The summed E-state index contributed by atoms with van der Waals surface area (Å²) in [4.78, 5) is 37.4. The molecule has 32 heavy (non-hydrogen) atoms. The van der Waals surface area contributed by atoms with E-state index in [1.807, 2.05) is 0 Å². The van der Waals surface area contributed by atoms with Gasteiger partial charge in [-0.3, -0.25) is 9.69 Å². The SMILES string of the molecule is O=C(NCC1CC=CCC1)NS(=O)(=O)c1ccccc1CCNC(=O)N1CCCCC1=O. The Labute approximate surface area is 188 Å². The van der Waals surface area contributed by atoms with Crippen LogP contribution in [0.5, 0.6) is 0 Å². The Morgan fingerprint density at radius 3 is 2.66 bits per heavy atom. The first kappa shape index (κ1) is 23.8. The number of sulfonamides is 1. The molecule has 174 valence electrons. The molecule has 1 aromatic carbocycles. The molecule has 1 aliphatic heterocycles. The zero-order valence-electron chi connectivity index (χ0n) is 18.0. The molecule has 0 radical (unpaired) electrons. The fourth-order valence-electron chi connectivity index (χ4n) is 3.88. The van der Waals surface area contributed by atoms with Crippen molar-refractivity contribution in [3.8, 4) is 0 Å². The first-order valence-electron chi connectivity index (χ1n) is 11.0. The molecule has 1 aliphatic carbocycles. The minimum absolute atomic E-state index is 0.0148. The molecule has 0 bridgehead atoms. The smallest absolute Gasteiger partial charge is 0.328 e. The Morgan fingerprint density at radius 1 is 1.09 bits per heavy atom. The molecular weight excluding hydrogens is 432 g/mol. The molecule has 1 aromatic rings. The summed E-state index contributed by atoms with van der Waals surface area (Å²) < 4.78 is 27.6. The first-order valence-corrected chi connectivity index (χ1v) is 12.5. The van der Waals surface area contributed by atoms with Crippen molar-refractivity contribution in [2.24, 2.45) is 5.92 Å². The number of carbonyl (C=O) groups excluding carboxylic acids is 3. The van der Waals surface area contributed by atoms with Crippen LogP contribution in [-0.4, -0.2) is 50.9 Å². The number of hydrogen-bond acceptors (Lipinski definition) is 5. The number of nitrogens with zero attached hydrogens (tertiary/aromatic N) is 1. The van der Waals surface area contributed by atoms with Gasteiger partial charge in [0.25, 0.3) is 10.0 Å². The van der Waals surface area contributed by atoms with E-state index in [9.17, 15) is 22.8 Å². The number of carbonyl (C=O) groups is 3. The van der Waals surface area contributed by atoms with Crippen molar-refractivity contribution in [3.05, 3.63) is 42.0 Å². The molecule has 0 spiro atoms. The molecule has 0 saturated carbocycles. The van der Waals surface area contributed by atoms with Crippen LogP contribution in [0.2, 0.25) is 0 Å². The van der Waals surface area contributed by atoms with Crippen molar-refractivity contribution in [2.45, 2.75) is 49.8 Å². The molecule has 5 amide bonds. The first-order chi connectivity index (χ1) is 15.4. The predicted molar refractivity (Wildman–Crippen MR) is 119 cm³/mol. The van der Waals surface area contributed by atoms with Gasteiger partial charge in [-0.2, -0.15) is 0 Å². The average Bonchev–Trinajstić information content (AvgIpc) is 2.78. The minimum atomic E-state index is -4.08. The molecule has 1 unspecified atom stereocenters. The Morgan fingerprint density at radius 2 is 1.91 bits per heavy atom. The monoisotopic (exact) mass is 462 g/mol. The molecular formula is C22H30N4O5S. The van der Waals surface area contributed by atoms with E-state index in [1.165, 1.54) is 11.0 Å². The third-order valence-corrected chi connectivity index (χ3v) is 7.09. The zero-order valence-corrected chi connectivity index (χ0v) is 18.8. The number of hydrogen-bond donors (Lipinski definition) is 3. The lowest BCUT2D eigenvalue weighted by atomic mass is 9.94. The summed E-state index contributed by atoms with van der Waals surface area (Å²) in [6.07, 6.45) is 9.12. The van der Waals surface area contributed by atoms with E-state index in [1.54, 1.807) is 18.2 Å². The molecule has 0 aromatic heterocycles. The van der Waals surface area contributed by atoms with Crippen LogP contribution in [0.1, 0.15) is 44.1 Å². The van der Waals surface area contributed by atoms with Crippen LogP contribution in [0.25, 0.3) is 0 Å². The van der Waals surface area contributed by atoms with Crippen molar-refractivity contribution < 1.29 is 22.8 Å². The lowest BCUT2D eigenvalue weighted by Gasteiger charge is -2.25. The summed E-state index contributed by atoms with van der Waals surface area (Å²) in [5.74, 6) is 0.104. The number of urea groups is 2. The largest absolute Gasteiger partial charge is 0.337 e. The van der Waals surface area contributed by atoms with Crippen LogP contribution in [0.4, 0.5) is 9.59 Å². The maximum Gasteiger partial charge on any atom is 0.328 e. The van der Waals surface area contributed by atoms with E-state index in [4.69, 9.17) is 0 Å². The number of likely N-dealkylation sites (tertiary alicyclic amines) is 1. The van der Waals surface area contributed by atoms with Gasteiger partial charge in [0.1, 0.15) is 0 Å². The standard InChI is InChI=1S/C22H30N4O5S/c27-20-12-6-7-15-26(20)22(29)23-14-13-18-10-4-5-11-19(18)32(30,31)25-21(28)24-16-17-8-2-1-3-9-17/h1-2,4-5,10-11,17H,3,6-9,12-16H2,(H,23,29)(H2,24,25,28). The maximum absolute atomic E-state index is 12.8. The van der Waals surface area contributed by atoms with Gasteiger partial charge in [0, 0.05) is 26.1 Å². The van der Waals surface area contributed by atoms with Crippen molar-refractivity contribution in [1.29, 1.82) is 0 Å².